The molecule has 0 aromatic heterocycles. The number of hydrogen-bond acceptors (Lipinski definition) is 3. The van der Waals surface area contributed by atoms with Crippen LogP contribution in [0.4, 0.5) is 4.79 Å². The van der Waals surface area contributed by atoms with Crippen LogP contribution in [0.25, 0.3) is 0 Å². The Morgan fingerprint density at radius 1 is 0.676 bits per heavy atom. The monoisotopic (exact) mass is 499 g/mol. The molecule has 1 aliphatic rings. The molecule has 1 heterocycles. The Labute approximate surface area is 215 Å². The molecule has 0 bridgehead atoms. The molecule has 5 nitrogen and oxygen atoms in total. The Hall–Kier alpha value is -0.460. The first kappa shape index (κ1) is 31.6. The van der Waals surface area contributed by atoms with E-state index >= 15 is 0 Å². The number of amides is 2. The van der Waals surface area contributed by atoms with E-state index in [1.807, 2.05) is 0 Å². The fraction of sp³-hybridized carbons (Fsp3) is 0.964. The molecule has 34 heavy (non-hydrogen) atoms. The number of nitrogens with zero attached hydrogens (tertiary/aromatic N) is 1. The molecule has 1 atom stereocenters. The molecule has 0 aromatic rings. The number of urea groups is 1. The van der Waals surface area contributed by atoms with E-state index in [9.17, 15) is 9.35 Å². The van der Waals surface area contributed by atoms with Crippen LogP contribution in [0.5, 0.6) is 0 Å². The van der Waals surface area contributed by atoms with Gasteiger partial charge in [0.2, 0.25) is 0 Å². The summed E-state index contributed by atoms with van der Waals surface area (Å²) in [5.41, 5.74) is 3.05. The lowest BCUT2D eigenvalue weighted by Gasteiger charge is -2.23. The summed E-state index contributed by atoms with van der Waals surface area (Å²) >= 11 is -0.748. The van der Waals surface area contributed by atoms with E-state index in [1.54, 1.807) is 0 Å². The van der Waals surface area contributed by atoms with E-state index < -0.39 is 11.2 Å². The second-order valence-electron chi connectivity index (χ2n) is 10.3. The summed E-state index contributed by atoms with van der Waals surface area (Å²) in [6.45, 7) is 4.75. The number of carbonyl (C=O) groups is 1. The Morgan fingerprint density at radius 2 is 1.12 bits per heavy atom. The minimum Gasteiger partial charge on any atom is -0.616 e. The first-order valence-electron chi connectivity index (χ1n) is 14.9. The van der Waals surface area contributed by atoms with Crippen LogP contribution < -0.4 is 10.7 Å². The largest absolute Gasteiger partial charge is 0.616 e. The van der Waals surface area contributed by atoms with Crippen molar-refractivity contribution in [2.24, 2.45) is 0 Å². The normalized spacial score (nSPS) is 17.8. The molecular weight excluding hydrogens is 442 g/mol. The third-order valence-electron chi connectivity index (χ3n) is 6.93. The van der Waals surface area contributed by atoms with Gasteiger partial charge in [-0.2, -0.15) is 0 Å². The minimum atomic E-state index is -0.748. The van der Waals surface area contributed by atoms with E-state index in [0.717, 1.165) is 44.5 Å². The number of hydrogen-bond donors (Lipinski definition) is 2. The van der Waals surface area contributed by atoms with E-state index in [2.05, 4.69) is 22.7 Å². The number of nitrogens with one attached hydrogen (secondary N) is 2. The number of hydrazine groups is 1. The first-order valence-corrected chi connectivity index (χ1v) is 16.4. The molecule has 0 spiro atoms. The zero-order chi connectivity index (χ0) is 24.5. The molecule has 1 unspecified atom stereocenters. The van der Waals surface area contributed by atoms with Gasteiger partial charge in [-0.05, 0) is 25.7 Å². The number of carbonyl (C=O) groups excluding carboxylic acids is 1. The van der Waals surface area contributed by atoms with Gasteiger partial charge in [0.15, 0.2) is 0 Å². The summed E-state index contributed by atoms with van der Waals surface area (Å²) in [6, 6.07) is -0.107. The van der Waals surface area contributed by atoms with E-state index in [1.165, 1.54) is 109 Å². The molecule has 0 aromatic carbocycles. The van der Waals surface area contributed by atoms with Crippen LogP contribution in [0, 0.1) is 0 Å². The Balaban J connectivity index is 2.00. The van der Waals surface area contributed by atoms with Crippen LogP contribution in [0.3, 0.4) is 0 Å². The first-order chi connectivity index (χ1) is 16.7. The van der Waals surface area contributed by atoms with Gasteiger partial charge in [-0.1, -0.05) is 121 Å². The molecule has 202 valence electrons. The number of rotatable bonds is 16. The van der Waals surface area contributed by atoms with Crippen molar-refractivity contribution < 1.29 is 9.35 Å². The lowest BCUT2D eigenvalue weighted by Crippen LogP contribution is -2.48. The summed E-state index contributed by atoms with van der Waals surface area (Å²) in [4.78, 5) is 12.3. The number of unbranched alkanes of at least 4 members (excludes halogenated alkanes) is 9. The quantitative estimate of drug-likeness (QED) is 0.171. The average molecular weight is 500 g/mol. The van der Waals surface area contributed by atoms with Crippen LogP contribution in [-0.4, -0.2) is 46.7 Å². The molecule has 1 saturated heterocycles. The van der Waals surface area contributed by atoms with Gasteiger partial charge in [0.05, 0.1) is 0 Å². The Bertz CT molecular complexity index is 439. The van der Waals surface area contributed by atoms with Gasteiger partial charge < -0.3 is 9.87 Å². The second-order valence-corrected chi connectivity index (χ2v) is 12.0. The van der Waals surface area contributed by atoms with Crippen molar-refractivity contribution in [3.8, 4) is 0 Å². The topological polar surface area (TPSA) is 67.4 Å². The third kappa shape index (κ3) is 20.9. The van der Waals surface area contributed by atoms with Gasteiger partial charge in [-0.15, -0.1) is 0 Å². The van der Waals surface area contributed by atoms with Crippen molar-refractivity contribution >= 4 is 17.2 Å². The molecule has 1 fully saturated rings. The van der Waals surface area contributed by atoms with Crippen molar-refractivity contribution in [1.82, 2.24) is 15.8 Å². The third-order valence-corrected chi connectivity index (χ3v) is 8.41. The Morgan fingerprint density at radius 3 is 1.65 bits per heavy atom. The van der Waals surface area contributed by atoms with Gasteiger partial charge in [0, 0.05) is 26.1 Å². The van der Waals surface area contributed by atoms with Crippen molar-refractivity contribution in [2.45, 2.75) is 142 Å². The highest BCUT2D eigenvalue weighted by atomic mass is 32.2. The minimum absolute atomic E-state index is 0.107. The summed E-state index contributed by atoms with van der Waals surface area (Å²) in [7, 11) is 0. The summed E-state index contributed by atoms with van der Waals surface area (Å²) in [5, 5.41) is 5.07. The molecule has 0 aliphatic carbocycles. The molecule has 1 aliphatic heterocycles. The van der Waals surface area contributed by atoms with Gasteiger partial charge in [0.1, 0.15) is 11.5 Å². The Kier molecular flexibility index (Phi) is 22.5. The maximum atomic E-state index is 12.3. The van der Waals surface area contributed by atoms with Gasteiger partial charge in [-0.25, -0.2) is 9.80 Å². The van der Waals surface area contributed by atoms with Crippen LogP contribution in [-0.2, 0) is 11.2 Å². The highest BCUT2D eigenvalue weighted by Crippen LogP contribution is 2.13. The predicted molar refractivity (Wildman–Crippen MR) is 149 cm³/mol. The standard InChI is InChI=1S/C28H57N3O2S/c1-2-3-4-5-6-7-12-15-18-21-26-34(33)27-22-23-29-28(32)30-31-24-19-16-13-10-8-9-11-14-17-20-25-31/h2-27H2,1H3,(H2,29,30,32). The predicted octanol–water partition coefficient (Wildman–Crippen LogP) is 7.48. The van der Waals surface area contributed by atoms with Crippen molar-refractivity contribution in [3.63, 3.8) is 0 Å². The maximum Gasteiger partial charge on any atom is 0.329 e. The summed E-state index contributed by atoms with van der Waals surface area (Å²) < 4.78 is 12.2. The lowest BCUT2D eigenvalue weighted by atomic mass is 10.1. The molecule has 2 amide bonds. The van der Waals surface area contributed by atoms with Crippen LogP contribution in [0.2, 0.25) is 0 Å². The van der Waals surface area contributed by atoms with Gasteiger partial charge in [-0.3, -0.25) is 5.43 Å². The van der Waals surface area contributed by atoms with Crippen LogP contribution in [0.15, 0.2) is 0 Å². The second kappa shape index (κ2) is 24.2. The van der Waals surface area contributed by atoms with Crippen molar-refractivity contribution in [3.05, 3.63) is 0 Å². The molecular formula is C28H57N3O2S. The molecule has 6 heteroatoms. The fourth-order valence-corrected chi connectivity index (χ4v) is 5.91. The molecule has 2 N–H and O–H groups in total. The smallest absolute Gasteiger partial charge is 0.329 e. The maximum absolute atomic E-state index is 12.3. The van der Waals surface area contributed by atoms with Crippen LogP contribution >= 0.6 is 0 Å². The van der Waals surface area contributed by atoms with Gasteiger partial charge in [0.25, 0.3) is 0 Å². The van der Waals surface area contributed by atoms with Crippen LogP contribution in [0.1, 0.15) is 142 Å². The SMILES string of the molecule is CCCCCCCCCCCC[S+]([O-])CCCNC(=O)NN1CCCCCCCCCCCC1. The zero-order valence-electron chi connectivity index (χ0n) is 22.6. The average Bonchev–Trinajstić information content (AvgIpc) is 2.85. The summed E-state index contributed by atoms with van der Waals surface area (Å²) in [6.07, 6.45) is 26.8. The van der Waals surface area contributed by atoms with Crippen molar-refractivity contribution in [2.75, 3.05) is 31.1 Å². The van der Waals surface area contributed by atoms with E-state index in [-0.39, 0.29) is 6.03 Å². The molecule has 1 rings (SSSR count). The molecule has 0 saturated carbocycles. The van der Waals surface area contributed by atoms with E-state index in [0.29, 0.717) is 12.3 Å². The van der Waals surface area contributed by atoms with Crippen molar-refractivity contribution in [1.29, 1.82) is 0 Å². The summed E-state index contributed by atoms with van der Waals surface area (Å²) in [5.74, 6) is 1.51. The lowest BCUT2D eigenvalue weighted by molar-refractivity contribution is 0.171. The highest BCUT2D eigenvalue weighted by Gasteiger charge is 2.10. The van der Waals surface area contributed by atoms with E-state index in [4.69, 9.17) is 0 Å². The molecule has 0 radical (unpaired) electrons. The zero-order valence-corrected chi connectivity index (χ0v) is 23.4. The van der Waals surface area contributed by atoms with Gasteiger partial charge >= 0.3 is 6.03 Å². The fourth-order valence-electron chi connectivity index (χ4n) is 4.71. The highest BCUT2D eigenvalue weighted by molar-refractivity contribution is 7.91.